The molecule has 0 fully saturated rings. The van der Waals surface area contributed by atoms with Crippen molar-refractivity contribution in [1.29, 1.82) is 0 Å². The van der Waals surface area contributed by atoms with Crippen molar-refractivity contribution in [1.82, 2.24) is 0 Å². The molecule has 1 unspecified atom stereocenters. The van der Waals surface area contributed by atoms with Crippen molar-refractivity contribution >= 4 is 10.8 Å². The van der Waals surface area contributed by atoms with Crippen molar-refractivity contribution in [2.24, 2.45) is 0 Å². The molecular weight excluding hydrogens is 462 g/mol. The lowest BCUT2D eigenvalue weighted by molar-refractivity contribution is -0.00929. The number of alkyl halides is 2. The third-order valence-electron chi connectivity index (χ3n) is 6.10. The minimum absolute atomic E-state index is 0.00416. The van der Waals surface area contributed by atoms with Crippen molar-refractivity contribution in [3.8, 4) is 11.8 Å². The fraction of sp³-hybridized carbons (Fsp3) is 0.172. The van der Waals surface area contributed by atoms with Crippen molar-refractivity contribution in [3.63, 3.8) is 0 Å². The number of fused-ring (bicyclic) bond motifs is 1. The van der Waals surface area contributed by atoms with Crippen LogP contribution in [-0.4, -0.2) is 0 Å². The predicted octanol–water partition coefficient (Wildman–Crippen LogP) is 8.45. The summed E-state index contributed by atoms with van der Waals surface area (Å²) in [6.07, 6.45) is -0.307. The van der Waals surface area contributed by atoms with Gasteiger partial charge < -0.3 is 0 Å². The summed E-state index contributed by atoms with van der Waals surface area (Å²) in [4.78, 5) is 0. The summed E-state index contributed by atoms with van der Waals surface area (Å²) in [5.74, 6) is -5.10. The van der Waals surface area contributed by atoms with E-state index >= 15 is 0 Å². The average Bonchev–Trinajstić information content (AvgIpc) is 2.87. The quantitative estimate of drug-likeness (QED) is 0.118. The number of benzene rings is 4. The molecule has 0 amide bonds. The van der Waals surface area contributed by atoms with Gasteiger partial charge in [0, 0.05) is 23.5 Å². The van der Waals surface area contributed by atoms with E-state index in [1.54, 1.807) is 42.5 Å². The molecule has 0 saturated heterocycles. The van der Waals surface area contributed by atoms with E-state index in [1.165, 1.54) is 13.0 Å². The Bertz CT molecular complexity index is 1480. The maximum Gasteiger partial charge on any atom is 0.273 e. The van der Waals surface area contributed by atoms with E-state index in [0.29, 0.717) is 22.6 Å². The molecule has 178 valence electrons. The number of halogens is 6. The second kappa shape index (κ2) is 9.50. The first-order chi connectivity index (χ1) is 16.6. The van der Waals surface area contributed by atoms with Gasteiger partial charge in [0.15, 0.2) is 23.3 Å². The van der Waals surface area contributed by atoms with Crippen LogP contribution in [0, 0.1) is 35.1 Å². The Morgan fingerprint density at radius 2 is 1.49 bits per heavy atom. The monoisotopic (exact) mass is 482 g/mol. The molecule has 4 aromatic carbocycles. The molecule has 0 heterocycles. The van der Waals surface area contributed by atoms with Gasteiger partial charge >= 0.3 is 0 Å². The maximum absolute atomic E-state index is 14.5. The van der Waals surface area contributed by atoms with Crippen molar-refractivity contribution < 1.29 is 26.3 Å². The first-order valence-corrected chi connectivity index (χ1v) is 11.0. The van der Waals surface area contributed by atoms with Crippen LogP contribution in [0.1, 0.15) is 54.0 Å². The largest absolute Gasteiger partial charge is 0.273 e. The molecule has 6 heteroatoms. The van der Waals surface area contributed by atoms with E-state index < -0.39 is 34.8 Å². The highest BCUT2D eigenvalue weighted by atomic mass is 19.3. The fourth-order valence-corrected chi connectivity index (χ4v) is 4.06. The molecule has 0 aliphatic rings. The number of hydrogen-bond acceptors (Lipinski definition) is 0. The fourth-order valence-electron chi connectivity index (χ4n) is 4.06. The van der Waals surface area contributed by atoms with E-state index in [1.807, 2.05) is 19.1 Å². The second-order valence-corrected chi connectivity index (χ2v) is 8.25. The summed E-state index contributed by atoms with van der Waals surface area (Å²) < 4.78 is 83.3. The second-order valence-electron chi connectivity index (χ2n) is 8.25. The zero-order valence-electron chi connectivity index (χ0n) is 18.9. The van der Waals surface area contributed by atoms with Crippen LogP contribution in [0.15, 0.2) is 66.7 Å². The smallest absolute Gasteiger partial charge is 0.204 e. The normalized spacial score (nSPS) is 12.3. The van der Waals surface area contributed by atoms with Crippen LogP contribution < -0.4 is 0 Å². The van der Waals surface area contributed by atoms with Gasteiger partial charge in [-0.25, -0.2) is 26.3 Å². The predicted molar refractivity (Wildman–Crippen MR) is 124 cm³/mol. The summed E-state index contributed by atoms with van der Waals surface area (Å²) in [5.41, 5.74) is 1.21. The Labute approximate surface area is 199 Å². The molecule has 0 aliphatic carbocycles. The Morgan fingerprint density at radius 1 is 0.771 bits per heavy atom. The lowest BCUT2D eigenvalue weighted by Gasteiger charge is -2.23. The van der Waals surface area contributed by atoms with Gasteiger partial charge in [-0.15, -0.1) is 0 Å². The Kier molecular flexibility index (Phi) is 6.62. The van der Waals surface area contributed by atoms with Gasteiger partial charge in [0.25, 0.3) is 5.92 Å². The zero-order valence-corrected chi connectivity index (χ0v) is 18.9. The topological polar surface area (TPSA) is 0 Å². The third-order valence-corrected chi connectivity index (χ3v) is 6.10. The van der Waals surface area contributed by atoms with Gasteiger partial charge in [0.05, 0.1) is 5.56 Å². The summed E-state index contributed by atoms with van der Waals surface area (Å²) in [7, 11) is 0. The number of hydrogen-bond donors (Lipinski definition) is 0. The lowest BCUT2D eigenvalue weighted by atomic mass is 9.86. The number of rotatable bonds is 4. The Hall–Kier alpha value is -3.72. The van der Waals surface area contributed by atoms with Crippen molar-refractivity contribution in [3.05, 3.63) is 118 Å². The molecule has 0 nitrogen and oxygen atoms in total. The van der Waals surface area contributed by atoms with Crippen LogP contribution in [0.4, 0.5) is 26.3 Å². The van der Waals surface area contributed by atoms with Crippen LogP contribution in [0.5, 0.6) is 0 Å². The first kappa shape index (κ1) is 24.4. The molecule has 4 aromatic rings. The SMILES string of the molecule is CCC(F)(F)c1ccccc1C(C)c1ccc2c(C#Cc3cc(F)c(F)c(F)c3F)cccc2c1. The Balaban J connectivity index is 1.74. The van der Waals surface area contributed by atoms with Crippen LogP contribution in [0.2, 0.25) is 0 Å². The van der Waals surface area contributed by atoms with E-state index in [4.69, 9.17) is 0 Å². The first-order valence-electron chi connectivity index (χ1n) is 11.0. The molecule has 0 aromatic heterocycles. The minimum Gasteiger partial charge on any atom is -0.204 e. The molecule has 0 bridgehead atoms. The molecule has 1 atom stereocenters. The lowest BCUT2D eigenvalue weighted by Crippen LogP contribution is -2.16. The molecule has 4 rings (SSSR count). The van der Waals surface area contributed by atoms with Crippen LogP contribution in [-0.2, 0) is 5.92 Å². The molecule has 35 heavy (non-hydrogen) atoms. The Morgan fingerprint density at radius 3 is 2.23 bits per heavy atom. The van der Waals surface area contributed by atoms with E-state index in [0.717, 1.165) is 10.9 Å². The maximum atomic E-state index is 14.5. The van der Waals surface area contributed by atoms with Gasteiger partial charge in [-0.1, -0.05) is 80.3 Å². The molecule has 0 radical (unpaired) electrons. The summed E-state index contributed by atoms with van der Waals surface area (Å²) in [5, 5.41) is 1.45. The average molecular weight is 482 g/mol. The van der Waals surface area contributed by atoms with Gasteiger partial charge in [0.2, 0.25) is 0 Å². The van der Waals surface area contributed by atoms with Gasteiger partial charge in [-0.2, -0.15) is 0 Å². The van der Waals surface area contributed by atoms with Gasteiger partial charge in [-0.05, 0) is 34.0 Å². The van der Waals surface area contributed by atoms with Crippen LogP contribution >= 0.6 is 0 Å². The standard InChI is InChI=1S/C29H20F6/c1-3-29(34,35)24-10-5-4-9-22(24)17(2)19-13-14-23-18(7-6-8-20(23)15-19)11-12-21-16-25(30)27(32)28(33)26(21)31/h4-10,13-17H,3H2,1-2H3. The molecular formula is C29H20F6. The molecule has 0 spiro atoms. The summed E-state index contributed by atoms with van der Waals surface area (Å²) in [6, 6.07) is 17.6. The van der Waals surface area contributed by atoms with E-state index in [2.05, 4.69) is 11.8 Å². The highest BCUT2D eigenvalue weighted by Gasteiger charge is 2.32. The zero-order chi connectivity index (χ0) is 25.3. The summed E-state index contributed by atoms with van der Waals surface area (Å²) >= 11 is 0. The van der Waals surface area contributed by atoms with E-state index in [9.17, 15) is 26.3 Å². The van der Waals surface area contributed by atoms with Crippen LogP contribution in [0.3, 0.4) is 0 Å². The van der Waals surface area contributed by atoms with Crippen molar-refractivity contribution in [2.45, 2.75) is 32.1 Å². The molecule has 0 saturated carbocycles. The molecule has 0 aliphatic heterocycles. The van der Waals surface area contributed by atoms with Gasteiger partial charge in [0.1, 0.15) is 0 Å². The minimum atomic E-state index is -2.95. The highest BCUT2D eigenvalue weighted by molar-refractivity contribution is 5.89. The van der Waals surface area contributed by atoms with Crippen LogP contribution in [0.25, 0.3) is 10.8 Å². The molecule has 0 N–H and O–H groups in total. The summed E-state index contributed by atoms with van der Waals surface area (Å²) in [6.45, 7) is 3.30. The highest BCUT2D eigenvalue weighted by Crippen LogP contribution is 2.39. The third kappa shape index (κ3) is 4.64. The van der Waals surface area contributed by atoms with Gasteiger partial charge in [-0.3, -0.25) is 0 Å². The van der Waals surface area contributed by atoms with Crippen molar-refractivity contribution in [2.75, 3.05) is 0 Å². The van der Waals surface area contributed by atoms with E-state index in [-0.39, 0.29) is 17.9 Å².